The van der Waals surface area contributed by atoms with E-state index in [0.717, 1.165) is 5.56 Å². The van der Waals surface area contributed by atoms with Gasteiger partial charge in [0.15, 0.2) is 0 Å². The number of anilines is 1. The molecule has 0 aliphatic rings. The van der Waals surface area contributed by atoms with Gasteiger partial charge < -0.3 is 19.9 Å². The van der Waals surface area contributed by atoms with Gasteiger partial charge in [-0.2, -0.15) is 10.2 Å². The number of non-ortho nitro benzene ring substituents is 1. The second-order valence-corrected chi connectivity index (χ2v) is 6.65. The molecule has 2 N–H and O–H groups in total. The Bertz CT molecular complexity index is 1190. The van der Waals surface area contributed by atoms with Gasteiger partial charge in [-0.25, -0.2) is 0 Å². The van der Waals surface area contributed by atoms with Crippen LogP contribution < -0.4 is 14.8 Å². The third-order valence-electron chi connectivity index (χ3n) is 4.53. The largest absolute Gasteiger partial charge is 0.507 e. The minimum atomic E-state index is -0.550. The number of ether oxygens (including phenoxy) is 2. The van der Waals surface area contributed by atoms with Gasteiger partial charge >= 0.3 is 0 Å². The first kappa shape index (κ1) is 22.2. The highest BCUT2D eigenvalue weighted by atomic mass is 16.6. The zero-order valence-electron chi connectivity index (χ0n) is 17.5. The van der Waals surface area contributed by atoms with Gasteiger partial charge in [0.2, 0.25) is 0 Å². The maximum atomic E-state index is 12.7. The number of nitro benzene ring substituents is 1. The molecule has 0 atom stereocenters. The fourth-order valence-corrected chi connectivity index (χ4v) is 2.87. The molecule has 0 heterocycles. The Morgan fingerprint density at radius 3 is 2.19 bits per heavy atom. The van der Waals surface area contributed by atoms with Crippen LogP contribution in [-0.4, -0.2) is 30.2 Å². The molecule has 3 rings (SSSR count). The summed E-state index contributed by atoms with van der Waals surface area (Å²) in [4.78, 5) is 22.9. The van der Waals surface area contributed by atoms with Gasteiger partial charge in [-0.3, -0.25) is 14.9 Å². The van der Waals surface area contributed by atoms with Crippen molar-refractivity contribution in [1.82, 2.24) is 0 Å². The molecular formula is C22H20N4O6. The highest BCUT2D eigenvalue weighted by Crippen LogP contribution is 2.34. The lowest BCUT2D eigenvalue weighted by molar-refractivity contribution is -0.384. The number of benzene rings is 3. The van der Waals surface area contributed by atoms with E-state index < -0.39 is 10.8 Å². The maximum absolute atomic E-state index is 12.7. The Kier molecular flexibility index (Phi) is 6.64. The highest BCUT2D eigenvalue weighted by molar-refractivity contribution is 6.07. The first-order valence-corrected chi connectivity index (χ1v) is 9.35. The zero-order chi connectivity index (χ0) is 23.3. The number of nitro groups is 1. The lowest BCUT2D eigenvalue weighted by Crippen LogP contribution is -2.13. The van der Waals surface area contributed by atoms with Crippen molar-refractivity contribution in [1.29, 1.82) is 0 Å². The fraction of sp³-hybridized carbons (Fsp3) is 0.136. The summed E-state index contributed by atoms with van der Waals surface area (Å²) in [5.41, 5.74) is 1.90. The van der Waals surface area contributed by atoms with Crippen molar-refractivity contribution in [2.45, 2.75) is 6.92 Å². The van der Waals surface area contributed by atoms with Gasteiger partial charge in [0.05, 0.1) is 41.8 Å². The average molecular weight is 436 g/mol. The minimum Gasteiger partial charge on any atom is -0.507 e. The van der Waals surface area contributed by atoms with Crippen LogP contribution in [-0.2, 0) is 0 Å². The van der Waals surface area contributed by atoms with E-state index in [1.165, 1.54) is 56.7 Å². The molecule has 0 spiro atoms. The average Bonchev–Trinajstić information content (AvgIpc) is 2.78. The van der Waals surface area contributed by atoms with Crippen LogP contribution in [0.5, 0.6) is 17.2 Å². The summed E-state index contributed by atoms with van der Waals surface area (Å²) in [5.74, 6) is 0.184. The molecule has 0 bridgehead atoms. The van der Waals surface area contributed by atoms with Crippen molar-refractivity contribution >= 4 is 28.7 Å². The van der Waals surface area contributed by atoms with E-state index in [-0.39, 0.29) is 17.0 Å². The first-order chi connectivity index (χ1) is 15.3. The predicted molar refractivity (Wildman–Crippen MR) is 118 cm³/mol. The van der Waals surface area contributed by atoms with Crippen LogP contribution in [0.1, 0.15) is 15.9 Å². The molecule has 0 radical (unpaired) electrons. The molecule has 0 saturated carbocycles. The van der Waals surface area contributed by atoms with Crippen molar-refractivity contribution in [2.75, 3.05) is 19.5 Å². The molecule has 1 amide bonds. The molecule has 0 aliphatic carbocycles. The third-order valence-corrected chi connectivity index (χ3v) is 4.53. The normalized spacial score (nSPS) is 10.7. The summed E-state index contributed by atoms with van der Waals surface area (Å²) < 4.78 is 10.6. The number of azo groups is 1. The molecule has 0 saturated heterocycles. The number of methoxy groups -OCH3 is 2. The maximum Gasteiger partial charge on any atom is 0.269 e. The van der Waals surface area contributed by atoms with Gasteiger partial charge in [-0.15, -0.1) is 0 Å². The number of hydrogen-bond acceptors (Lipinski definition) is 8. The second-order valence-electron chi connectivity index (χ2n) is 6.65. The number of carbonyl (C=O) groups is 1. The quantitative estimate of drug-likeness (QED) is 0.293. The van der Waals surface area contributed by atoms with E-state index >= 15 is 0 Å². The lowest BCUT2D eigenvalue weighted by Gasteiger charge is -2.14. The number of nitrogens with one attached hydrogen (secondary N) is 1. The van der Waals surface area contributed by atoms with Crippen molar-refractivity contribution in [3.63, 3.8) is 0 Å². The molecular weight excluding hydrogens is 416 g/mol. The van der Waals surface area contributed by atoms with Crippen LogP contribution >= 0.6 is 0 Å². The minimum absolute atomic E-state index is 0.0286. The Labute approximate surface area is 183 Å². The summed E-state index contributed by atoms with van der Waals surface area (Å²) in [5, 5.41) is 31.7. The molecule has 10 nitrogen and oxygen atoms in total. The second kappa shape index (κ2) is 9.56. The molecule has 0 aromatic heterocycles. The number of amides is 1. The van der Waals surface area contributed by atoms with Crippen LogP contribution in [0.2, 0.25) is 0 Å². The zero-order valence-corrected chi connectivity index (χ0v) is 17.5. The van der Waals surface area contributed by atoms with Gasteiger partial charge in [-0.1, -0.05) is 0 Å². The number of nitrogens with zero attached hydrogens (tertiary/aromatic N) is 3. The molecule has 3 aromatic rings. The molecule has 3 aromatic carbocycles. The highest BCUT2D eigenvalue weighted by Gasteiger charge is 2.16. The number of phenols is 1. The van der Waals surface area contributed by atoms with Crippen LogP contribution in [0.15, 0.2) is 64.8 Å². The van der Waals surface area contributed by atoms with Gasteiger partial charge in [0, 0.05) is 24.3 Å². The van der Waals surface area contributed by atoms with Crippen molar-refractivity contribution in [3.8, 4) is 17.2 Å². The van der Waals surface area contributed by atoms with E-state index in [2.05, 4.69) is 15.5 Å². The van der Waals surface area contributed by atoms with E-state index in [0.29, 0.717) is 28.6 Å². The summed E-state index contributed by atoms with van der Waals surface area (Å²) in [6, 6.07) is 13.1. The van der Waals surface area contributed by atoms with Crippen molar-refractivity contribution in [2.24, 2.45) is 10.2 Å². The van der Waals surface area contributed by atoms with Crippen LogP contribution in [0.4, 0.5) is 22.7 Å². The predicted octanol–water partition coefficient (Wildman–Crippen LogP) is 5.29. The summed E-state index contributed by atoms with van der Waals surface area (Å²) in [6.07, 6.45) is 0. The van der Waals surface area contributed by atoms with E-state index in [1.54, 1.807) is 12.1 Å². The molecule has 0 aliphatic heterocycles. The van der Waals surface area contributed by atoms with E-state index in [4.69, 9.17) is 9.47 Å². The molecule has 164 valence electrons. The van der Waals surface area contributed by atoms with E-state index in [1.807, 2.05) is 6.92 Å². The Hall–Kier alpha value is -4.47. The Morgan fingerprint density at radius 1 is 0.969 bits per heavy atom. The number of carbonyl (C=O) groups excluding carboxylic acids is 1. The molecule has 0 fully saturated rings. The fourth-order valence-electron chi connectivity index (χ4n) is 2.87. The monoisotopic (exact) mass is 436 g/mol. The molecule has 32 heavy (non-hydrogen) atoms. The van der Waals surface area contributed by atoms with Crippen LogP contribution in [0.25, 0.3) is 0 Å². The van der Waals surface area contributed by atoms with E-state index in [9.17, 15) is 20.0 Å². The lowest BCUT2D eigenvalue weighted by atomic mass is 10.1. The number of hydrogen-bond donors (Lipinski definition) is 2. The van der Waals surface area contributed by atoms with Gasteiger partial charge in [0.1, 0.15) is 17.2 Å². The third kappa shape index (κ3) is 4.98. The van der Waals surface area contributed by atoms with Crippen molar-refractivity contribution < 1.29 is 24.3 Å². The van der Waals surface area contributed by atoms with Gasteiger partial charge in [0.25, 0.3) is 11.6 Å². The molecule has 10 heteroatoms. The number of aromatic hydroxyl groups is 1. The Balaban J connectivity index is 1.77. The summed E-state index contributed by atoms with van der Waals surface area (Å²) in [6.45, 7) is 1.85. The SMILES string of the molecule is COc1cc(NC(=O)c2ccc(/N=N/c3ccc([N+](=O)[O-])cc3)cc2O)c(OC)cc1C. The summed E-state index contributed by atoms with van der Waals surface area (Å²) in [7, 11) is 3.01. The van der Waals surface area contributed by atoms with Crippen LogP contribution in [0, 0.1) is 17.0 Å². The standard InChI is InChI=1S/C22H20N4O6/c1-13-10-21(32-3)18(12-20(13)31-2)23-22(28)17-9-6-15(11-19(17)27)25-24-14-4-7-16(8-5-14)26(29)30/h4-12,27H,1-3H3,(H,23,28)/b25-24+. The van der Waals surface area contributed by atoms with Crippen LogP contribution in [0.3, 0.4) is 0 Å². The summed E-state index contributed by atoms with van der Waals surface area (Å²) >= 11 is 0. The van der Waals surface area contributed by atoms with Crippen molar-refractivity contribution in [3.05, 3.63) is 75.8 Å². The number of phenolic OH excluding ortho intramolecular Hbond substituents is 1. The topological polar surface area (TPSA) is 136 Å². The number of rotatable bonds is 7. The smallest absolute Gasteiger partial charge is 0.269 e. The number of aryl methyl sites for hydroxylation is 1. The van der Waals surface area contributed by atoms with Gasteiger partial charge in [-0.05, 0) is 42.8 Å². The molecule has 0 unspecified atom stereocenters. The Morgan fingerprint density at radius 2 is 1.59 bits per heavy atom. The first-order valence-electron chi connectivity index (χ1n) is 9.35.